The van der Waals surface area contributed by atoms with Crippen molar-refractivity contribution in [2.24, 2.45) is 16.8 Å². The number of hydrogen-bond donors (Lipinski definition) is 0. The largest absolute Gasteiger partial charge is 0.333 e. The molecule has 3 aliphatic rings. The molecular weight excluding hydrogens is 586 g/mol. The zero-order valence-electron chi connectivity index (χ0n) is 25.9. The lowest BCUT2D eigenvalue weighted by Crippen LogP contribution is -2.49. The zero-order valence-corrected chi connectivity index (χ0v) is 25.9. The van der Waals surface area contributed by atoms with Crippen molar-refractivity contribution in [3.05, 3.63) is 162 Å². The van der Waals surface area contributed by atoms with Crippen LogP contribution in [-0.2, 0) is 27.5 Å². The van der Waals surface area contributed by atoms with Crippen LogP contribution in [0.15, 0.2) is 139 Å². The van der Waals surface area contributed by atoms with E-state index >= 15 is 0 Å². The molecule has 0 unspecified atom stereocenters. The molecule has 5 aromatic rings. The third kappa shape index (κ3) is 5.24. The molecule has 1 saturated heterocycles. The van der Waals surface area contributed by atoms with E-state index in [2.05, 4.69) is 12.1 Å². The number of aromatic nitrogens is 2. The molecule has 1 spiro atoms. The lowest BCUT2D eigenvalue weighted by atomic mass is 9.79. The number of nitrogens with zero attached hydrogens (tertiary/aromatic N) is 5. The van der Waals surface area contributed by atoms with Crippen LogP contribution in [0.2, 0.25) is 0 Å². The summed E-state index contributed by atoms with van der Waals surface area (Å²) >= 11 is 0. The Balaban J connectivity index is 1.18. The molecule has 8 nitrogen and oxygen atoms in total. The van der Waals surface area contributed by atoms with Crippen molar-refractivity contribution in [1.29, 1.82) is 0 Å². The van der Waals surface area contributed by atoms with E-state index in [4.69, 9.17) is 14.8 Å². The Hall–Kier alpha value is -5.34. The smallest absolute Gasteiger partial charge is 0.256 e. The van der Waals surface area contributed by atoms with E-state index in [0.717, 1.165) is 22.3 Å². The number of rotatable bonds is 8. The van der Waals surface area contributed by atoms with Gasteiger partial charge in [-0.05, 0) is 28.7 Å². The Morgan fingerprint density at radius 2 is 1.34 bits per heavy atom. The Labute approximate surface area is 273 Å². The van der Waals surface area contributed by atoms with Gasteiger partial charge in [-0.3, -0.25) is 24.3 Å². The predicted octanol–water partition coefficient (Wildman–Crippen LogP) is 6.02. The van der Waals surface area contributed by atoms with Gasteiger partial charge in [-0.15, -0.1) is 0 Å². The van der Waals surface area contributed by atoms with E-state index in [1.54, 1.807) is 22.6 Å². The molecule has 0 radical (unpaired) electrons. The quantitative estimate of drug-likeness (QED) is 0.212. The summed E-state index contributed by atoms with van der Waals surface area (Å²) in [5.41, 5.74) is 3.60. The number of carbonyl (C=O) groups is 2. The fourth-order valence-electron chi connectivity index (χ4n) is 7.67. The standard InChI is InChI=1S/C39H35N5O3/c45-37-34-32(25-47-44(37)36(30-17-9-3-10-18-30)31-19-11-4-12-20-31)21-39(38(46)43(27-41-39)23-29-15-7-2-8-16-29)35(34)33-24-42(26-40-33)22-28-13-5-1-6-14-28/h1-20,24,26-27,32,34-36H,21-23,25H2/t32-,34-,35+,39-/m1/s1. The molecule has 8 heteroatoms. The third-order valence-electron chi connectivity index (χ3n) is 9.78. The fraction of sp³-hybridized carbons (Fsp3) is 0.231. The van der Waals surface area contributed by atoms with Gasteiger partial charge in [0, 0.05) is 24.6 Å². The van der Waals surface area contributed by atoms with Gasteiger partial charge >= 0.3 is 0 Å². The minimum Gasteiger partial charge on any atom is -0.333 e. The molecule has 3 heterocycles. The topological polar surface area (TPSA) is 80.0 Å². The first-order chi connectivity index (χ1) is 23.1. The number of amides is 2. The number of aliphatic imine (C=N–C) groups is 1. The van der Waals surface area contributed by atoms with Crippen LogP contribution in [0, 0.1) is 11.8 Å². The molecule has 1 aliphatic carbocycles. The molecule has 1 saturated carbocycles. The monoisotopic (exact) mass is 621 g/mol. The maximum absolute atomic E-state index is 14.9. The molecule has 2 amide bonds. The summed E-state index contributed by atoms with van der Waals surface area (Å²) in [5, 5.41) is 1.55. The summed E-state index contributed by atoms with van der Waals surface area (Å²) in [7, 11) is 0. The van der Waals surface area contributed by atoms with Crippen molar-refractivity contribution < 1.29 is 14.4 Å². The van der Waals surface area contributed by atoms with Gasteiger partial charge in [0.1, 0.15) is 6.04 Å². The highest BCUT2D eigenvalue weighted by atomic mass is 16.7. The molecule has 47 heavy (non-hydrogen) atoms. The SMILES string of the molecule is O=C1[C@@H]2[C@@H](CON1C(c1ccccc1)c1ccccc1)C[C@@]1(N=CN(Cc3ccccc3)C1=O)[C@H]2c1cn(Cc2ccccc2)cn1. The number of hydrogen-bond acceptors (Lipinski definition) is 5. The summed E-state index contributed by atoms with van der Waals surface area (Å²) in [5.74, 6) is -1.55. The van der Waals surface area contributed by atoms with Crippen LogP contribution in [0.3, 0.4) is 0 Å². The first-order valence-electron chi connectivity index (χ1n) is 16.1. The molecule has 0 N–H and O–H groups in total. The number of fused-ring (bicyclic) bond motifs is 1. The average molecular weight is 622 g/mol. The number of benzene rings is 4. The lowest BCUT2D eigenvalue weighted by Gasteiger charge is -2.40. The average Bonchev–Trinajstić information content (AvgIpc) is 3.80. The number of carbonyl (C=O) groups excluding carboxylic acids is 2. The lowest BCUT2D eigenvalue weighted by molar-refractivity contribution is -0.226. The summed E-state index contributed by atoms with van der Waals surface area (Å²) in [4.78, 5) is 47.4. The predicted molar refractivity (Wildman–Crippen MR) is 178 cm³/mol. The van der Waals surface area contributed by atoms with Gasteiger partial charge in [-0.25, -0.2) is 10.0 Å². The highest BCUT2D eigenvalue weighted by molar-refractivity contribution is 6.02. The van der Waals surface area contributed by atoms with Crippen LogP contribution in [-0.4, -0.2) is 49.8 Å². The molecular formula is C39H35N5O3. The van der Waals surface area contributed by atoms with Crippen LogP contribution in [0.5, 0.6) is 0 Å². The molecule has 2 aliphatic heterocycles. The van der Waals surface area contributed by atoms with E-state index in [9.17, 15) is 9.59 Å². The third-order valence-corrected chi connectivity index (χ3v) is 9.78. The second-order valence-corrected chi connectivity index (χ2v) is 12.7. The molecule has 4 atom stereocenters. The second kappa shape index (κ2) is 12.1. The first kappa shape index (κ1) is 29.1. The summed E-state index contributed by atoms with van der Waals surface area (Å²) < 4.78 is 2.02. The highest BCUT2D eigenvalue weighted by Crippen LogP contribution is 2.56. The highest BCUT2D eigenvalue weighted by Gasteiger charge is 2.66. The van der Waals surface area contributed by atoms with E-state index in [1.165, 1.54) is 0 Å². The Morgan fingerprint density at radius 3 is 1.96 bits per heavy atom. The van der Waals surface area contributed by atoms with Gasteiger partial charge < -0.3 is 4.57 Å². The van der Waals surface area contributed by atoms with Crippen molar-refractivity contribution in [3.63, 3.8) is 0 Å². The van der Waals surface area contributed by atoms with E-state index < -0.39 is 23.4 Å². The van der Waals surface area contributed by atoms with Crippen LogP contribution >= 0.6 is 0 Å². The number of hydroxylamine groups is 2. The van der Waals surface area contributed by atoms with Gasteiger partial charge in [0.25, 0.3) is 11.8 Å². The van der Waals surface area contributed by atoms with Crippen LogP contribution in [0.4, 0.5) is 0 Å². The van der Waals surface area contributed by atoms with Gasteiger partial charge in [-0.1, -0.05) is 121 Å². The molecule has 0 bridgehead atoms. The van der Waals surface area contributed by atoms with Crippen molar-refractivity contribution >= 4 is 18.2 Å². The molecule has 1 aromatic heterocycles. The minimum atomic E-state index is -1.15. The maximum Gasteiger partial charge on any atom is 0.256 e. The summed E-state index contributed by atoms with van der Waals surface area (Å²) in [6.07, 6.45) is 5.87. The Bertz CT molecular complexity index is 1860. The van der Waals surface area contributed by atoms with Gasteiger partial charge in [-0.2, -0.15) is 0 Å². The molecule has 4 aromatic carbocycles. The Morgan fingerprint density at radius 1 is 0.766 bits per heavy atom. The van der Waals surface area contributed by atoms with E-state index in [1.807, 2.05) is 120 Å². The fourth-order valence-corrected chi connectivity index (χ4v) is 7.67. The first-order valence-corrected chi connectivity index (χ1v) is 16.1. The van der Waals surface area contributed by atoms with Crippen molar-refractivity contribution in [3.8, 4) is 0 Å². The molecule has 2 fully saturated rings. The van der Waals surface area contributed by atoms with E-state index in [-0.39, 0.29) is 17.7 Å². The normalized spacial score (nSPS) is 23.6. The van der Waals surface area contributed by atoms with Gasteiger partial charge in [0.05, 0.1) is 37.4 Å². The van der Waals surface area contributed by atoms with E-state index in [0.29, 0.717) is 31.8 Å². The molecule has 234 valence electrons. The van der Waals surface area contributed by atoms with Crippen molar-refractivity contribution in [1.82, 2.24) is 19.5 Å². The van der Waals surface area contributed by atoms with Crippen molar-refractivity contribution in [2.75, 3.05) is 6.61 Å². The second-order valence-electron chi connectivity index (χ2n) is 12.7. The zero-order chi connectivity index (χ0) is 31.8. The number of imidazole rings is 1. The summed E-state index contributed by atoms with van der Waals surface area (Å²) in [6, 6.07) is 39.5. The summed E-state index contributed by atoms with van der Waals surface area (Å²) in [6.45, 7) is 1.35. The van der Waals surface area contributed by atoms with Crippen LogP contribution < -0.4 is 0 Å². The van der Waals surface area contributed by atoms with Crippen molar-refractivity contribution in [2.45, 2.75) is 37.0 Å². The van der Waals surface area contributed by atoms with Gasteiger partial charge in [0.2, 0.25) is 0 Å². The maximum atomic E-state index is 14.9. The van der Waals surface area contributed by atoms with Gasteiger partial charge in [0.15, 0.2) is 5.54 Å². The van der Waals surface area contributed by atoms with Crippen LogP contribution in [0.25, 0.3) is 0 Å². The van der Waals surface area contributed by atoms with Crippen LogP contribution in [0.1, 0.15) is 46.3 Å². The Kier molecular flexibility index (Phi) is 7.50. The molecule has 8 rings (SSSR count). The minimum absolute atomic E-state index is 0.0969.